The van der Waals surface area contributed by atoms with Crippen molar-refractivity contribution in [1.29, 1.82) is 0 Å². The van der Waals surface area contributed by atoms with Crippen molar-refractivity contribution >= 4 is 17.4 Å². The highest BCUT2D eigenvalue weighted by Gasteiger charge is 2.16. The van der Waals surface area contributed by atoms with Crippen LogP contribution >= 0.6 is 11.8 Å². The zero-order chi connectivity index (χ0) is 13.2. The van der Waals surface area contributed by atoms with Crippen molar-refractivity contribution < 1.29 is 4.74 Å². The fraction of sp³-hybridized carbons (Fsp3) is 0.583. The molecule has 0 N–H and O–H groups in total. The molecule has 3 heterocycles. The van der Waals surface area contributed by atoms with Crippen LogP contribution in [0.4, 0.5) is 0 Å². The van der Waals surface area contributed by atoms with Crippen molar-refractivity contribution in [3.63, 3.8) is 0 Å². The maximum absolute atomic E-state index is 11.8. The van der Waals surface area contributed by atoms with Gasteiger partial charge >= 0.3 is 0 Å². The van der Waals surface area contributed by atoms with Gasteiger partial charge in [-0.3, -0.25) is 9.20 Å². The molecule has 1 aliphatic rings. The molecule has 2 aromatic rings. The molecular weight excluding hydrogens is 264 g/mol. The highest BCUT2D eigenvalue weighted by atomic mass is 32.2. The molecule has 0 amide bonds. The van der Waals surface area contributed by atoms with Crippen LogP contribution < -0.4 is 5.56 Å². The average molecular weight is 280 g/mol. The number of thioether (sulfide) groups is 1. The largest absolute Gasteiger partial charge is 0.381 e. The lowest BCUT2D eigenvalue weighted by Crippen LogP contribution is -2.18. The van der Waals surface area contributed by atoms with Crippen LogP contribution in [0.3, 0.4) is 0 Å². The summed E-state index contributed by atoms with van der Waals surface area (Å²) in [6.07, 6.45) is 4.72. The fourth-order valence-corrected chi connectivity index (χ4v) is 3.24. The van der Waals surface area contributed by atoms with E-state index in [1.54, 1.807) is 17.6 Å². The Hall–Kier alpha value is -1.34. The highest BCUT2D eigenvalue weighted by Crippen LogP contribution is 2.20. The monoisotopic (exact) mass is 280 g/mol. The van der Waals surface area contributed by atoms with Crippen LogP contribution in [0.15, 0.2) is 17.2 Å². The minimum Gasteiger partial charge on any atom is -0.381 e. The molecular formula is C12H16N4O2S. The Morgan fingerprint density at radius 3 is 3.16 bits per heavy atom. The van der Waals surface area contributed by atoms with Gasteiger partial charge < -0.3 is 9.30 Å². The van der Waals surface area contributed by atoms with Crippen LogP contribution in [0.25, 0.3) is 5.65 Å². The maximum Gasteiger partial charge on any atom is 0.295 e. The summed E-state index contributed by atoms with van der Waals surface area (Å²) in [6, 6.07) is 0. The van der Waals surface area contributed by atoms with Gasteiger partial charge in [-0.1, -0.05) is 0 Å². The van der Waals surface area contributed by atoms with Gasteiger partial charge in [0.25, 0.3) is 5.56 Å². The van der Waals surface area contributed by atoms with E-state index in [0.717, 1.165) is 37.0 Å². The Kier molecular flexibility index (Phi) is 3.56. The zero-order valence-corrected chi connectivity index (χ0v) is 11.6. The van der Waals surface area contributed by atoms with Gasteiger partial charge in [-0.25, -0.2) is 0 Å². The fourth-order valence-electron chi connectivity index (χ4n) is 2.15. The van der Waals surface area contributed by atoms with Crippen LogP contribution in [0, 0.1) is 5.92 Å². The number of hydrogen-bond acceptors (Lipinski definition) is 5. The Balaban J connectivity index is 1.71. The second-order valence-electron chi connectivity index (χ2n) is 4.77. The first-order chi connectivity index (χ1) is 9.25. The third-order valence-corrected chi connectivity index (χ3v) is 4.50. The van der Waals surface area contributed by atoms with Crippen LogP contribution in [-0.4, -0.2) is 38.1 Å². The quantitative estimate of drug-likeness (QED) is 0.825. The highest BCUT2D eigenvalue weighted by molar-refractivity contribution is 7.98. The first-order valence-corrected chi connectivity index (χ1v) is 7.46. The van der Waals surface area contributed by atoms with Crippen LogP contribution in [-0.2, 0) is 17.5 Å². The molecule has 1 aliphatic heterocycles. The van der Waals surface area contributed by atoms with E-state index in [9.17, 15) is 4.79 Å². The Morgan fingerprint density at radius 2 is 2.37 bits per heavy atom. The van der Waals surface area contributed by atoms with Crippen LogP contribution in [0.2, 0.25) is 0 Å². The van der Waals surface area contributed by atoms with Gasteiger partial charge in [-0.15, -0.1) is 10.2 Å². The van der Waals surface area contributed by atoms with E-state index < -0.39 is 0 Å². The molecule has 0 aromatic carbocycles. The van der Waals surface area contributed by atoms with E-state index in [1.807, 2.05) is 18.0 Å². The first kappa shape index (κ1) is 12.7. The predicted molar refractivity (Wildman–Crippen MR) is 73.3 cm³/mol. The zero-order valence-electron chi connectivity index (χ0n) is 10.8. The lowest BCUT2D eigenvalue weighted by molar-refractivity contribution is 0.189. The molecule has 3 rings (SSSR count). The molecule has 0 saturated carbocycles. The minimum atomic E-state index is -0.115. The Bertz CT molecular complexity index is 630. The summed E-state index contributed by atoms with van der Waals surface area (Å²) < 4.78 is 8.64. The van der Waals surface area contributed by atoms with E-state index in [1.165, 1.54) is 4.57 Å². The summed E-state index contributed by atoms with van der Waals surface area (Å²) in [6.45, 7) is 1.75. The summed E-state index contributed by atoms with van der Waals surface area (Å²) in [5.41, 5.74) is 0.278. The summed E-state index contributed by atoms with van der Waals surface area (Å²) in [4.78, 5) is 11.8. The molecule has 102 valence electrons. The number of hydrogen-bond donors (Lipinski definition) is 0. The van der Waals surface area contributed by atoms with Gasteiger partial charge in [-0.2, -0.15) is 11.8 Å². The maximum atomic E-state index is 11.8. The Labute approximate surface area is 114 Å². The number of aryl methyl sites for hydroxylation is 1. The van der Waals surface area contributed by atoms with Gasteiger partial charge in [0.2, 0.25) is 5.65 Å². The number of ether oxygens (including phenoxy) is 1. The van der Waals surface area contributed by atoms with Gasteiger partial charge in [0, 0.05) is 26.0 Å². The molecule has 1 atom stereocenters. The summed E-state index contributed by atoms with van der Waals surface area (Å²) in [5, 5.41) is 8.08. The lowest BCUT2D eigenvalue weighted by Gasteiger charge is -2.06. The average Bonchev–Trinajstić information content (AvgIpc) is 3.04. The lowest BCUT2D eigenvalue weighted by atomic mass is 10.2. The number of aromatic nitrogens is 4. The van der Waals surface area contributed by atoms with E-state index in [2.05, 4.69) is 10.2 Å². The van der Waals surface area contributed by atoms with E-state index >= 15 is 0 Å². The van der Waals surface area contributed by atoms with E-state index in [-0.39, 0.29) is 5.56 Å². The molecule has 0 spiro atoms. The van der Waals surface area contributed by atoms with Crippen LogP contribution in [0.1, 0.15) is 12.2 Å². The molecule has 0 bridgehead atoms. The van der Waals surface area contributed by atoms with Gasteiger partial charge in [-0.05, 0) is 18.1 Å². The summed E-state index contributed by atoms with van der Waals surface area (Å²) in [5.74, 6) is 3.32. The molecule has 6 nitrogen and oxygen atoms in total. The summed E-state index contributed by atoms with van der Waals surface area (Å²) in [7, 11) is 1.71. The van der Waals surface area contributed by atoms with E-state index in [4.69, 9.17) is 4.74 Å². The van der Waals surface area contributed by atoms with Crippen LogP contribution in [0.5, 0.6) is 0 Å². The standard InChI is InChI=1S/C12H16N4O2S/c1-15-3-4-16-10(13-14-11(16)12(15)17)8-19-7-9-2-5-18-6-9/h3-4,9H,2,5-8H2,1H3. The SMILES string of the molecule is Cn1ccn2c(CSCC3CCOC3)nnc2c1=O. The predicted octanol–water partition coefficient (Wildman–Crippen LogP) is 0.698. The normalized spacial score (nSPS) is 19.3. The number of nitrogens with zero attached hydrogens (tertiary/aromatic N) is 4. The topological polar surface area (TPSA) is 61.4 Å². The van der Waals surface area contributed by atoms with Gasteiger partial charge in [0.05, 0.1) is 12.4 Å². The third kappa shape index (κ3) is 2.52. The number of rotatable bonds is 4. The van der Waals surface area contributed by atoms with Crippen molar-refractivity contribution in [2.24, 2.45) is 13.0 Å². The van der Waals surface area contributed by atoms with Crippen molar-refractivity contribution in [3.05, 3.63) is 28.6 Å². The third-order valence-electron chi connectivity index (χ3n) is 3.33. The van der Waals surface area contributed by atoms with Crippen molar-refractivity contribution in [1.82, 2.24) is 19.2 Å². The second kappa shape index (κ2) is 5.34. The van der Waals surface area contributed by atoms with E-state index in [0.29, 0.717) is 11.6 Å². The van der Waals surface area contributed by atoms with Crippen molar-refractivity contribution in [2.45, 2.75) is 12.2 Å². The second-order valence-corrected chi connectivity index (χ2v) is 5.80. The Morgan fingerprint density at radius 1 is 1.47 bits per heavy atom. The minimum absolute atomic E-state index is 0.115. The molecule has 0 aliphatic carbocycles. The molecule has 1 fully saturated rings. The molecule has 1 unspecified atom stereocenters. The van der Waals surface area contributed by atoms with Crippen molar-refractivity contribution in [2.75, 3.05) is 19.0 Å². The molecule has 2 aromatic heterocycles. The van der Waals surface area contributed by atoms with Gasteiger partial charge in [0.15, 0.2) is 0 Å². The molecule has 19 heavy (non-hydrogen) atoms. The van der Waals surface area contributed by atoms with Crippen molar-refractivity contribution in [3.8, 4) is 0 Å². The molecule has 7 heteroatoms. The smallest absolute Gasteiger partial charge is 0.295 e. The first-order valence-electron chi connectivity index (χ1n) is 6.30. The molecule has 1 saturated heterocycles. The number of fused-ring (bicyclic) bond motifs is 1. The summed E-state index contributed by atoms with van der Waals surface area (Å²) >= 11 is 1.82. The molecule has 0 radical (unpaired) electrons. The van der Waals surface area contributed by atoms with Gasteiger partial charge in [0.1, 0.15) is 5.82 Å².